The molecule has 0 fully saturated rings. The number of fused-ring (bicyclic) bond motifs is 1. The summed E-state index contributed by atoms with van der Waals surface area (Å²) < 4.78 is 6.10. The van der Waals surface area contributed by atoms with Crippen molar-refractivity contribution >= 4 is 45.3 Å². The van der Waals surface area contributed by atoms with Gasteiger partial charge < -0.3 is 4.74 Å². The number of carbonyl (C=O) groups is 2. The Labute approximate surface area is 170 Å². The van der Waals surface area contributed by atoms with Crippen LogP contribution in [0, 0.1) is 6.92 Å². The Kier molecular flexibility index (Phi) is 6.83. The highest BCUT2D eigenvalue weighted by Gasteiger charge is 2.12. The standard InChI is InChI=1S/C19H20N4O3S2/c1-12(14-6-4-3-5-7-14)8-26-19(25)23-22-15(24)10-28-18-17-16(20-11-21-18)13(2)9-27-17/h3-7,9,11-12H,8,10H2,1-2H3,(H,22,24)(H,23,25). The fourth-order valence-corrected chi connectivity index (χ4v) is 4.35. The molecule has 7 nitrogen and oxygen atoms in total. The van der Waals surface area contributed by atoms with E-state index in [0.717, 1.165) is 26.4 Å². The van der Waals surface area contributed by atoms with Crippen molar-refractivity contribution in [1.82, 2.24) is 20.8 Å². The SMILES string of the molecule is Cc1csc2c(SCC(=O)NNC(=O)OCC(C)c3ccccc3)ncnc12. The fourth-order valence-electron chi connectivity index (χ4n) is 2.46. The van der Waals surface area contributed by atoms with Gasteiger partial charge in [-0.25, -0.2) is 20.2 Å². The molecule has 0 aliphatic rings. The lowest BCUT2D eigenvalue weighted by atomic mass is 10.0. The van der Waals surface area contributed by atoms with Gasteiger partial charge in [0.25, 0.3) is 0 Å². The van der Waals surface area contributed by atoms with Crippen LogP contribution in [0.5, 0.6) is 0 Å². The number of hydrazine groups is 1. The summed E-state index contributed by atoms with van der Waals surface area (Å²) in [5, 5.41) is 2.76. The zero-order chi connectivity index (χ0) is 19.9. The van der Waals surface area contributed by atoms with Crippen molar-refractivity contribution in [2.45, 2.75) is 24.8 Å². The lowest BCUT2D eigenvalue weighted by Crippen LogP contribution is -2.43. The van der Waals surface area contributed by atoms with Crippen LogP contribution in [0.15, 0.2) is 47.1 Å². The monoisotopic (exact) mass is 416 g/mol. The van der Waals surface area contributed by atoms with Crippen LogP contribution in [0.2, 0.25) is 0 Å². The molecule has 28 heavy (non-hydrogen) atoms. The van der Waals surface area contributed by atoms with Gasteiger partial charge >= 0.3 is 6.09 Å². The first-order valence-corrected chi connectivity index (χ1v) is 10.5. The molecule has 0 saturated heterocycles. The average molecular weight is 417 g/mol. The average Bonchev–Trinajstić information content (AvgIpc) is 3.11. The van der Waals surface area contributed by atoms with Gasteiger partial charge in [0.2, 0.25) is 5.91 Å². The Balaban J connectivity index is 1.41. The number of aromatic nitrogens is 2. The Morgan fingerprint density at radius 1 is 1.21 bits per heavy atom. The minimum atomic E-state index is -0.695. The molecule has 3 rings (SSSR count). The molecule has 146 valence electrons. The summed E-state index contributed by atoms with van der Waals surface area (Å²) in [4.78, 5) is 32.2. The van der Waals surface area contributed by atoms with E-state index >= 15 is 0 Å². The summed E-state index contributed by atoms with van der Waals surface area (Å²) in [5.74, 6) is -0.172. The van der Waals surface area contributed by atoms with Crippen LogP contribution in [0.25, 0.3) is 10.2 Å². The summed E-state index contributed by atoms with van der Waals surface area (Å²) in [6.07, 6.45) is 0.797. The fraction of sp³-hybridized carbons (Fsp3) is 0.263. The number of nitrogens with one attached hydrogen (secondary N) is 2. The van der Waals surface area contributed by atoms with Crippen LogP contribution in [-0.2, 0) is 9.53 Å². The molecule has 0 bridgehead atoms. The van der Waals surface area contributed by atoms with E-state index in [9.17, 15) is 9.59 Å². The van der Waals surface area contributed by atoms with Gasteiger partial charge in [-0.2, -0.15) is 0 Å². The molecule has 2 amide bonds. The van der Waals surface area contributed by atoms with E-state index in [1.54, 1.807) is 11.3 Å². The van der Waals surface area contributed by atoms with Gasteiger partial charge in [-0.15, -0.1) is 11.3 Å². The predicted molar refractivity (Wildman–Crippen MR) is 110 cm³/mol. The van der Waals surface area contributed by atoms with Crippen molar-refractivity contribution in [3.05, 3.63) is 53.2 Å². The molecular weight excluding hydrogens is 396 g/mol. The van der Waals surface area contributed by atoms with E-state index in [1.165, 1.54) is 18.1 Å². The van der Waals surface area contributed by atoms with Crippen molar-refractivity contribution in [2.24, 2.45) is 0 Å². The van der Waals surface area contributed by atoms with Crippen LogP contribution in [0.3, 0.4) is 0 Å². The number of carbonyl (C=O) groups excluding carboxylic acids is 2. The van der Waals surface area contributed by atoms with E-state index in [-0.39, 0.29) is 24.2 Å². The number of thiophene rings is 1. The van der Waals surface area contributed by atoms with Crippen molar-refractivity contribution < 1.29 is 14.3 Å². The summed E-state index contributed by atoms with van der Waals surface area (Å²) in [6, 6.07) is 9.76. The molecule has 9 heteroatoms. The molecule has 0 aliphatic heterocycles. The van der Waals surface area contributed by atoms with E-state index in [4.69, 9.17) is 4.74 Å². The molecule has 1 aromatic carbocycles. The summed E-state index contributed by atoms with van der Waals surface area (Å²) in [6.45, 7) is 4.17. The molecule has 0 saturated carbocycles. The van der Waals surface area contributed by atoms with Gasteiger partial charge in [-0.3, -0.25) is 10.2 Å². The number of aryl methyl sites for hydroxylation is 1. The molecule has 2 heterocycles. The normalized spacial score (nSPS) is 11.8. The lowest BCUT2D eigenvalue weighted by Gasteiger charge is -2.13. The number of thioether (sulfide) groups is 1. The lowest BCUT2D eigenvalue weighted by molar-refractivity contribution is -0.119. The zero-order valence-electron chi connectivity index (χ0n) is 15.5. The minimum Gasteiger partial charge on any atom is -0.448 e. The van der Waals surface area contributed by atoms with Crippen LogP contribution in [0.4, 0.5) is 4.79 Å². The molecule has 0 radical (unpaired) electrons. The Morgan fingerprint density at radius 2 is 2.00 bits per heavy atom. The van der Waals surface area contributed by atoms with E-state index in [0.29, 0.717) is 0 Å². The summed E-state index contributed by atoms with van der Waals surface area (Å²) in [7, 11) is 0. The van der Waals surface area contributed by atoms with Crippen molar-refractivity contribution in [3.63, 3.8) is 0 Å². The Bertz CT molecular complexity index is 962. The maximum atomic E-state index is 12.0. The van der Waals surface area contributed by atoms with Crippen LogP contribution in [-0.4, -0.2) is 34.3 Å². The van der Waals surface area contributed by atoms with Gasteiger partial charge in [0, 0.05) is 5.92 Å². The third-order valence-electron chi connectivity index (χ3n) is 3.98. The first kappa shape index (κ1) is 20.1. The van der Waals surface area contributed by atoms with Gasteiger partial charge in [0.15, 0.2) is 0 Å². The quantitative estimate of drug-likeness (QED) is 0.362. The number of rotatable bonds is 6. The topological polar surface area (TPSA) is 93.2 Å². The highest BCUT2D eigenvalue weighted by Crippen LogP contribution is 2.31. The second-order valence-electron chi connectivity index (χ2n) is 6.15. The highest BCUT2D eigenvalue weighted by atomic mass is 32.2. The number of amides is 2. The van der Waals surface area contributed by atoms with Gasteiger partial charge in [0.1, 0.15) is 11.4 Å². The molecule has 2 N–H and O–H groups in total. The Morgan fingerprint density at radius 3 is 2.79 bits per heavy atom. The van der Waals surface area contributed by atoms with Gasteiger partial charge in [0.05, 0.1) is 22.6 Å². The third-order valence-corrected chi connectivity index (χ3v) is 6.19. The van der Waals surface area contributed by atoms with Crippen LogP contribution < -0.4 is 10.9 Å². The third kappa shape index (κ3) is 5.20. The van der Waals surface area contributed by atoms with E-state index in [2.05, 4.69) is 20.8 Å². The highest BCUT2D eigenvalue weighted by molar-refractivity contribution is 8.00. The maximum absolute atomic E-state index is 12.0. The molecule has 0 spiro atoms. The van der Waals surface area contributed by atoms with E-state index < -0.39 is 6.09 Å². The largest absolute Gasteiger partial charge is 0.448 e. The summed E-state index contributed by atoms with van der Waals surface area (Å²) >= 11 is 2.84. The molecule has 0 aliphatic carbocycles. The van der Waals surface area contributed by atoms with E-state index in [1.807, 2.05) is 49.6 Å². The number of hydrogen-bond acceptors (Lipinski definition) is 7. The second kappa shape index (κ2) is 9.52. The zero-order valence-corrected chi connectivity index (χ0v) is 17.1. The summed E-state index contributed by atoms with van der Waals surface area (Å²) in [5.41, 5.74) is 7.67. The predicted octanol–water partition coefficient (Wildman–Crippen LogP) is 3.65. The van der Waals surface area contributed by atoms with Crippen molar-refractivity contribution in [3.8, 4) is 0 Å². The molecule has 1 unspecified atom stereocenters. The van der Waals surface area contributed by atoms with Gasteiger partial charge in [-0.05, 0) is 23.4 Å². The van der Waals surface area contributed by atoms with Gasteiger partial charge in [-0.1, -0.05) is 49.0 Å². The maximum Gasteiger partial charge on any atom is 0.426 e. The molecular formula is C19H20N4O3S2. The van der Waals surface area contributed by atoms with Crippen molar-refractivity contribution in [1.29, 1.82) is 0 Å². The smallest absolute Gasteiger partial charge is 0.426 e. The number of ether oxygens (including phenoxy) is 1. The first-order valence-electron chi connectivity index (χ1n) is 8.62. The van der Waals surface area contributed by atoms with Crippen LogP contribution in [0.1, 0.15) is 24.0 Å². The number of nitrogens with zero attached hydrogens (tertiary/aromatic N) is 2. The molecule has 2 aromatic heterocycles. The number of benzene rings is 1. The van der Waals surface area contributed by atoms with Crippen molar-refractivity contribution in [2.75, 3.05) is 12.4 Å². The second-order valence-corrected chi connectivity index (χ2v) is 7.99. The molecule has 3 aromatic rings. The minimum absolute atomic E-state index is 0.0626. The first-order chi connectivity index (χ1) is 13.5. The van der Waals surface area contributed by atoms with Crippen LogP contribution >= 0.6 is 23.1 Å². The molecule has 1 atom stereocenters. The Hall–Kier alpha value is -2.65. The number of hydrogen-bond donors (Lipinski definition) is 2.